The maximum absolute atomic E-state index is 9.66. The van der Waals surface area contributed by atoms with Gasteiger partial charge in [-0.15, -0.1) is 0 Å². The summed E-state index contributed by atoms with van der Waals surface area (Å²) in [5.74, 6) is 0.556. The Hall–Kier alpha value is -0.530. The van der Waals surface area contributed by atoms with Crippen LogP contribution in [0.1, 0.15) is 20.3 Å². The molecule has 0 bridgehead atoms. The minimum Gasteiger partial charge on any atom is -0.277 e. The smallest absolute Gasteiger partial charge is 0.228 e. The van der Waals surface area contributed by atoms with Crippen molar-refractivity contribution in [2.24, 2.45) is 5.92 Å². The van der Waals surface area contributed by atoms with E-state index >= 15 is 0 Å². The number of hydrogen-bond donors (Lipinski definition) is 0. The van der Waals surface area contributed by atoms with E-state index in [1.54, 1.807) is 0 Å². The van der Waals surface area contributed by atoms with Crippen LogP contribution >= 0.6 is 0 Å². The highest BCUT2D eigenvalue weighted by Crippen LogP contribution is 1.96. The van der Waals surface area contributed by atoms with Gasteiger partial charge >= 0.3 is 0 Å². The fourth-order valence-electron chi connectivity index (χ4n) is 0.352. The van der Waals surface area contributed by atoms with Crippen molar-refractivity contribution >= 4 is 6.41 Å². The minimum absolute atomic E-state index is 0.556. The molecule has 0 aliphatic rings. The maximum Gasteiger partial charge on any atom is 0.228 e. The van der Waals surface area contributed by atoms with E-state index in [1.807, 2.05) is 0 Å². The van der Waals surface area contributed by atoms with Crippen LogP contribution in [0.5, 0.6) is 0 Å². The van der Waals surface area contributed by atoms with E-state index in [0.29, 0.717) is 18.9 Å². The Morgan fingerprint density at radius 1 is 1.75 bits per heavy atom. The Balaban J connectivity index is 2.97. The fraction of sp³-hybridized carbons (Fsp3) is 0.833. The van der Waals surface area contributed by atoms with Crippen LogP contribution in [0.15, 0.2) is 0 Å². The van der Waals surface area contributed by atoms with Crippen molar-refractivity contribution in [3.05, 3.63) is 0 Å². The summed E-state index contributed by atoms with van der Waals surface area (Å²) >= 11 is 0. The quantitative estimate of drug-likeness (QED) is 0.497. The molecule has 1 unspecified atom stereocenters. The normalized spacial score (nSPS) is 12.8. The van der Waals surface area contributed by atoms with Gasteiger partial charge in [0.05, 0.1) is 0 Å². The molecule has 0 spiro atoms. The molecule has 8 heavy (non-hydrogen) atoms. The lowest BCUT2D eigenvalue weighted by Crippen LogP contribution is -2.11. The number of carbonyl (C=O) groups is 1. The highest BCUT2D eigenvalue weighted by Gasteiger charge is 1.95. The van der Waals surface area contributed by atoms with Crippen LogP contribution in [0.2, 0.25) is 0 Å². The molecule has 1 atom stereocenters. The number of rotatable bonds is 4. The lowest BCUT2D eigenvalue weighted by atomic mass is 10.1. The molecule has 0 fully saturated rings. The van der Waals surface area contributed by atoms with Crippen LogP contribution in [0.25, 0.3) is 0 Å². The average molecular weight is 114 g/mol. The highest BCUT2D eigenvalue weighted by molar-refractivity contribution is 5.45. The molecule has 0 aromatic carbocycles. The summed E-state index contributed by atoms with van der Waals surface area (Å²) < 4.78 is 0. The second kappa shape index (κ2) is 4.62. The average Bonchev–Trinajstić information content (AvgIpc) is 1.83. The predicted octanol–water partition coefficient (Wildman–Crippen LogP) is 0.793. The van der Waals surface area contributed by atoms with Crippen molar-refractivity contribution in [3.63, 3.8) is 0 Å². The third kappa shape index (κ3) is 3.65. The molecule has 0 saturated carbocycles. The third-order valence-electron chi connectivity index (χ3n) is 1.19. The molecular weight excluding hydrogens is 102 g/mol. The van der Waals surface area contributed by atoms with Crippen LogP contribution in [0, 0.1) is 5.92 Å². The Morgan fingerprint density at radius 2 is 2.38 bits per heavy atom. The van der Waals surface area contributed by atoms with Crippen molar-refractivity contribution in [2.75, 3.05) is 6.54 Å². The van der Waals surface area contributed by atoms with Gasteiger partial charge in [0.25, 0.3) is 0 Å². The summed E-state index contributed by atoms with van der Waals surface area (Å²) in [7, 11) is 0. The van der Waals surface area contributed by atoms with Crippen molar-refractivity contribution in [1.29, 1.82) is 0 Å². The van der Waals surface area contributed by atoms with Crippen molar-refractivity contribution in [1.82, 2.24) is 5.32 Å². The first-order valence-electron chi connectivity index (χ1n) is 2.91. The molecule has 0 saturated heterocycles. The second-order valence-electron chi connectivity index (χ2n) is 1.98. The summed E-state index contributed by atoms with van der Waals surface area (Å²) in [5.41, 5.74) is 0. The van der Waals surface area contributed by atoms with E-state index in [1.165, 1.54) is 0 Å². The molecule has 0 aliphatic heterocycles. The Kier molecular flexibility index (Phi) is 4.32. The molecule has 1 amide bonds. The van der Waals surface area contributed by atoms with Crippen molar-refractivity contribution in [2.45, 2.75) is 20.3 Å². The first-order chi connectivity index (χ1) is 3.81. The van der Waals surface area contributed by atoms with Gasteiger partial charge in [-0.25, -0.2) is 0 Å². The molecule has 0 rings (SSSR count). The number of carbonyl (C=O) groups excluding carboxylic acids is 1. The minimum atomic E-state index is 0.556. The molecule has 0 aromatic heterocycles. The van der Waals surface area contributed by atoms with E-state index in [0.717, 1.165) is 6.42 Å². The molecule has 2 heteroatoms. The fourth-order valence-corrected chi connectivity index (χ4v) is 0.352. The molecule has 2 nitrogen and oxygen atoms in total. The molecule has 1 radical (unpaired) electrons. The Bertz CT molecular complexity index is 63.5. The van der Waals surface area contributed by atoms with Gasteiger partial charge in [-0.3, -0.25) is 10.1 Å². The van der Waals surface area contributed by atoms with Gasteiger partial charge in [0.2, 0.25) is 6.41 Å². The number of amides is 1. The lowest BCUT2D eigenvalue weighted by Gasteiger charge is -2.02. The van der Waals surface area contributed by atoms with E-state index in [2.05, 4.69) is 19.2 Å². The molecule has 0 heterocycles. The Morgan fingerprint density at radius 3 is 2.75 bits per heavy atom. The summed E-state index contributed by atoms with van der Waals surface area (Å²) in [6.07, 6.45) is 1.71. The van der Waals surface area contributed by atoms with Crippen LogP contribution in [0.3, 0.4) is 0 Å². The van der Waals surface area contributed by atoms with Crippen LogP contribution in [0.4, 0.5) is 0 Å². The summed E-state index contributed by atoms with van der Waals surface area (Å²) in [6.45, 7) is 4.85. The summed E-state index contributed by atoms with van der Waals surface area (Å²) in [6, 6.07) is 0. The van der Waals surface area contributed by atoms with Gasteiger partial charge in [0.15, 0.2) is 0 Å². The molecule has 0 aromatic rings. The molecule has 0 N–H and O–H groups in total. The van der Waals surface area contributed by atoms with E-state index < -0.39 is 0 Å². The van der Waals surface area contributed by atoms with E-state index in [4.69, 9.17) is 0 Å². The Labute approximate surface area is 50.3 Å². The first kappa shape index (κ1) is 7.47. The van der Waals surface area contributed by atoms with Crippen LogP contribution < -0.4 is 5.32 Å². The first-order valence-corrected chi connectivity index (χ1v) is 2.91. The van der Waals surface area contributed by atoms with E-state index in [9.17, 15) is 4.79 Å². The molecule has 0 aliphatic carbocycles. The van der Waals surface area contributed by atoms with Crippen LogP contribution in [-0.4, -0.2) is 13.0 Å². The molecular formula is C6H12NO. The topological polar surface area (TPSA) is 31.2 Å². The van der Waals surface area contributed by atoms with Gasteiger partial charge < -0.3 is 0 Å². The van der Waals surface area contributed by atoms with Gasteiger partial charge in [0.1, 0.15) is 0 Å². The summed E-state index contributed by atoms with van der Waals surface area (Å²) in [4.78, 5) is 9.66. The largest absolute Gasteiger partial charge is 0.277 e. The SMILES string of the molecule is CCC(C)C[N]C=O. The molecule has 47 valence electrons. The van der Waals surface area contributed by atoms with Gasteiger partial charge in [-0.1, -0.05) is 20.3 Å². The van der Waals surface area contributed by atoms with Crippen molar-refractivity contribution in [3.8, 4) is 0 Å². The van der Waals surface area contributed by atoms with E-state index in [-0.39, 0.29) is 0 Å². The third-order valence-corrected chi connectivity index (χ3v) is 1.19. The summed E-state index contributed by atoms with van der Waals surface area (Å²) in [5, 5.41) is 3.56. The second-order valence-corrected chi connectivity index (χ2v) is 1.98. The highest BCUT2D eigenvalue weighted by atomic mass is 16.1. The number of nitrogens with zero attached hydrogens (tertiary/aromatic N) is 1. The maximum atomic E-state index is 9.66. The predicted molar refractivity (Wildman–Crippen MR) is 32.5 cm³/mol. The van der Waals surface area contributed by atoms with Crippen LogP contribution in [-0.2, 0) is 4.79 Å². The monoisotopic (exact) mass is 114 g/mol. The van der Waals surface area contributed by atoms with Gasteiger partial charge in [-0.05, 0) is 5.92 Å². The zero-order valence-electron chi connectivity index (χ0n) is 5.42. The standard InChI is InChI=1S/C6H12NO/c1-3-6(2)4-7-5-8/h5-6H,3-4H2,1-2H3. The van der Waals surface area contributed by atoms with Gasteiger partial charge in [0, 0.05) is 6.54 Å². The zero-order valence-corrected chi connectivity index (χ0v) is 5.42. The van der Waals surface area contributed by atoms with Gasteiger partial charge in [-0.2, -0.15) is 0 Å². The lowest BCUT2D eigenvalue weighted by molar-refractivity contribution is -0.109. The zero-order chi connectivity index (χ0) is 6.41. The van der Waals surface area contributed by atoms with Crippen molar-refractivity contribution < 1.29 is 4.79 Å². The number of hydrogen-bond acceptors (Lipinski definition) is 1.